The lowest BCUT2D eigenvalue weighted by Crippen LogP contribution is -2.42. The number of nitrogens with zero attached hydrogens (tertiary/aromatic N) is 2. The fourth-order valence-electron chi connectivity index (χ4n) is 2.59. The first kappa shape index (κ1) is 11.2. The van der Waals surface area contributed by atoms with Crippen molar-refractivity contribution in [3.63, 3.8) is 0 Å². The van der Waals surface area contributed by atoms with Crippen LogP contribution in [0.3, 0.4) is 0 Å². The lowest BCUT2D eigenvalue weighted by atomic mass is 10.0. The van der Waals surface area contributed by atoms with Crippen molar-refractivity contribution < 1.29 is 0 Å². The van der Waals surface area contributed by atoms with Crippen LogP contribution in [0.15, 0.2) is 24.5 Å². The molecule has 0 bridgehead atoms. The molecule has 17 heavy (non-hydrogen) atoms. The number of hydrogen-bond donors (Lipinski definition) is 1. The van der Waals surface area contributed by atoms with E-state index in [9.17, 15) is 0 Å². The standard InChI is InChI=1S/C14H21N3/c1-2-12(10-15-7-1)11-17-8-5-14(6-9-17)16-13-3-4-13/h1-2,7,10,13-14,16H,3-6,8-9,11H2. The van der Waals surface area contributed by atoms with E-state index in [1.54, 1.807) is 0 Å². The number of pyridine rings is 1. The Kier molecular flexibility index (Phi) is 3.39. The fraction of sp³-hybridized carbons (Fsp3) is 0.643. The van der Waals surface area contributed by atoms with Crippen LogP contribution in [0.25, 0.3) is 0 Å². The van der Waals surface area contributed by atoms with Crippen molar-refractivity contribution >= 4 is 0 Å². The van der Waals surface area contributed by atoms with Crippen molar-refractivity contribution in [1.29, 1.82) is 0 Å². The van der Waals surface area contributed by atoms with Crippen LogP contribution in [0.4, 0.5) is 0 Å². The van der Waals surface area contributed by atoms with Gasteiger partial charge >= 0.3 is 0 Å². The van der Waals surface area contributed by atoms with Crippen molar-refractivity contribution in [3.8, 4) is 0 Å². The van der Waals surface area contributed by atoms with Gasteiger partial charge in [-0.05, 0) is 50.4 Å². The Balaban J connectivity index is 1.44. The van der Waals surface area contributed by atoms with E-state index in [4.69, 9.17) is 0 Å². The summed E-state index contributed by atoms with van der Waals surface area (Å²) in [7, 11) is 0. The predicted octanol–water partition coefficient (Wildman–Crippen LogP) is 1.80. The van der Waals surface area contributed by atoms with Crippen LogP contribution in [-0.2, 0) is 6.54 Å². The van der Waals surface area contributed by atoms with Gasteiger partial charge in [-0.2, -0.15) is 0 Å². The van der Waals surface area contributed by atoms with Gasteiger partial charge in [-0.3, -0.25) is 9.88 Å². The van der Waals surface area contributed by atoms with Crippen LogP contribution < -0.4 is 5.32 Å². The Morgan fingerprint density at radius 3 is 2.59 bits per heavy atom. The summed E-state index contributed by atoms with van der Waals surface area (Å²) in [5.41, 5.74) is 1.33. The largest absolute Gasteiger partial charge is 0.311 e. The maximum atomic E-state index is 4.17. The summed E-state index contributed by atoms with van der Waals surface area (Å²) in [5, 5.41) is 3.74. The van der Waals surface area contributed by atoms with Crippen molar-refractivity contribution in [1.82, 2.24) is 15.2 Å². The SMILES string of the molecule is c1cncc(CN2CCC(NC3CC3)CC2)c1. The second kappa shape index (κ2) is 5.15. The predicted molar refractivity (Wildman–Crippen MR) is 68.7 cm³/mol. The van der Waals surface area contributed by atoms with Gasteiger partial charge in [-0.25, -0.2) is 0 Å². The summed E-state index contributed by atoms with van der Waals surface area (Å²) in [6.07, 6.45) is 9.23. The van der Waals surface area contributed by atoms with Crippen LogP contribution in [0.2, 0.25) is 0 Å². The molecule has 3 nitrogen and oxygen atoms in total. The minimum absolute atomic E-state index is 0.771. The zero-order chi connectivity index (χ0) is 11.5. The molecule has 2 heterocycles. The first-order valence-electron chi connectivity index (χ1n) is 6.77. The summed E-state index contributed by atoms with van der Waals surface area (Å²) in [5.74, 6) is 0. The van der Waals surface area contributed by atoms with Crippen molar-refractivity contribution in [2.24, 2.45) is 0 Å². The molecule has 1 saturated heterocycles. The van der Waals surface area contributed by atoms with E-state index in [1.165, 1.54) is 44.3 Å². The summed E-state index contributed by atoms with van der Waals surface area (Å²) < 4.78 is 0. The minimum atomic E-state index is 0.771. The topological polar surface area (TPSA) is 28.2 Å². The summed E-state index contributed by atoms with van der Waals surface area (Å²) in [6, 6.07) is 5.82. The van der Waals surface area contributed by atoms with Crippen molar-refractivity contribution in [2.45, 2.75) is 44.3 Å². The molecule has 2 fully saturated rings. The molecule has 1 aromatic rings. The van der Waals surface area contributed by atoms with Gasteiger partial charge in [-0.1, -0.05) is 6.07 Å². The Morgan fingerprint density at radius 2 is 1.94 bits per heavy atom. The van der Waals surface area contributed by atoms with E-state index in [0.29, 0.717) is 0 Å². The second-order valence-electron chi connectivity index (χ2n) is 5.35. The number of aromatic nitrogens is 1. The molecule has 1 aromatic heterocycles. The Bertz CT molecular complexity index is 340. The highest BCUT2D eigenvalue weighted by Gasteiger charge is 2.26. The average molecular weight is 231 g/mol. The first-order chi connectivity index (χ1) is 8.40. The molecule has 92 valence electrons. The lowest BCUT2D eigenvalue weighted by molar-refractivity contribution is 0.190. The highest BCUT2D eigenvalue weighted by molar-refractivity contribution is 5.08. The zero-order valence-electron chi connectivity index (χ0n) is 10.3. The van der Waals surface area contributed by atoms with E-state index < -0.39 is 0 Å². The number of hydrogen-bond acceptors (Lipinski definition) is 3. The molecule has 0 unspecified atom stereocenters. The monoisotopic (exact) mass is 231 g/mol. The molecule has 1 aliphatic heterocycles. The molecular weight excluding hydrogens is 210 g/mol. The van der Waals surface area contributed by atoms with E-state index >= 15 is 0 Å². The normalized spacial score (nSPS) is 22.8. The molecule has 0 atom stereocenters. The maximum absolute atomic E-state index is 4.17. The lowest BCUT2D eigenvalue weighted by Gasteiger charge is -2.32. The van der Waals surface area contributed by atoms with Gasteiger partial charge in [0, 0.05) is 31.0 Å². The van der Waals surface area contributed by atoms with Gasteiger partial charge in [0.1, 0.15) is 0 Å². The molecule has 0 spiro atoms. The summed E-state index contributed by atoms with van der Waals surface area (Å²) in [4.78, 5) is 6.72. The molecule has 1 aliphatic carbocycles. The minimum Gasteiger partial charge on any atom is -0.311 e. The smallest absolute Gasteiger partial charge is 0.0312 e. The van der Waals surface area contributed by atoms with Crippen LogP contribution in [-0.4, -0.2) is 35.1 Å². The molecule has 1 saturated carbocycles. The quantitative estimate of drug-likeness (QED) is 0.856. The highest BCUT2D eigenvalue weighted by atomic mass is 15.1. The third-order valence-corrected chi connectivity index (χ3v) is 3.77. The molecule has 3 rings (SSSR count). The Labute approximate surface area is 103 Å². The molecular formula is C14H21N3. The number of rotatable bonds is 4. The van der Waals surface area contributed by atoms with Crippen LogP contribution in [0.5, 0.6) is 0 Å². The van der Waals surface area contributed by atoms with Gasteiger partial charge < -0.3 is 5.32 Å². The van der Waals surface area contributed by atoms with Crippen molar-refractivity contribution in [3.05, 3.63) is 30.1 Å². The van der Waals surface area contributed by atoms with Gasteiger partial charge in [0.25, 0.3) is 0 Å². The number of nitrogens with one attached hydrogen (secondary N) is 1. The summed E-state index contributed by atoms with van der Waals surface area (Å²) >= 11 is 0. The van der Waals surface area contributed by atoms with E-state index in [0.717, 1.165) is 18.6 Å². The second-order valence-corrected chi connectivity index (χ2v) is 5.35. The molecule has 0 radical (unpaired) electrons. The van der Waals surface area contributed by atoms with E-state index in [-0.39, 0.29) is 0 Å². The Hall–Kier alpha value is -0.930. The third kappa shape index (κ3) is 3.27. The van der Waals surface area contributed by atoms with Crippen LogP contribution in [0.1, 0.15) is 31.2 Å². The fourth-order valence-corrected chi connectivity index (χ4v) is 2.59. The van der Waals surface area contributed by atoms with Crippen LogP contribution in [0, 0.1) is 0 Å². The molecule has 2 aliphatic rings. The van der Waals surface area contributed by atoms with Crippen molar-refractivity contribution in [2.75, 3.05) is 13.1 Å². The number of piperidine rings is 1. The van der Waals surface area contributed by atoms with Gasteiger partial charge in [0.15, 0.2) is 0 Å². The number of likely N-dealkylation sites (tertiary alicyclic amines) is 1. The van der Waals surface area contributed by atoms with E-state index in [1.807, 2.05) is 18.5 Å². The summed E-state index contributed by atoms with van der Waals surface area (Å²) in [6.45, 7) is 3.50. The van der Waals surface area contributed by atoms with Crippen LogP contribution >= 0.6 is 0 Å². The highest BCUT2D eigenvalue weighted by Crippen LogP contribution is 2.22. The maximum Gasteiger partial charge on any atom is 0.0312 e. The van der Waals surface area contributed by atoms with E-state index in [2.05, 4.69) is 21.3 Å². The molecule has 0 aromatic carbocycles. The molecule has 3 heteroatoms. The average Bonchev–Trinajstić information content (AvgIpc) is 3.17. The third-order valence-electron chi connectivity index (χ3n) is 3.77. The van der Waals surface area contributed by atoms with Gasteiger partial charge in [0.2, 0.25) is 0 Å². The zero-order valence-corrected chi connectivity index (χ0v) is 10.3. The van der Waals surface area contributed by atoms with Gasteiger partial charge in [-0.15, -0.1) is 0 Å². The molecule has 0 amide bonds. The van der Waals surface area contributed by atoms with Gasteiger partial charge in [0.05, 0.1) is 0 Å². The Morgan fingerprint density at radius 1 is 1.18 bits per heavy atom. The first-order valence-corrected chi connectivity index (χ1v) is 6.77. The molecule has 1 N–H and O–H groups in total.